The van der Waals surface area contributed by atoms with Gasteiger partial charge in [-0.15, -0.1) is 0 Å². The molecule has 1 atom stereocenters. The van der Waals surface area contributed by atoms with Gasteiger partial charge in [0.15, 0.2) is 5.54 Å². The third-order valence-electron chi connectivity index (χ3n) is 3.19. The SMILES string of the molecule is Cc1cccc(C(C)(Nc2ccccc2)C(=O)O)c1. The van der Waals surface area contributed by atoms with Crippen LogP contribution in [0.25, 0.3) is 0 Å². The number of aryl methyl sites for hydroxylation is 1. The van der Waals surface area contributed by atoms with Gasteiger partial charge in [-0.05, 0) is 31.5 Å². The lowest BCUT2D eigenvalue weighted by Gasteiger charge is -2.28. The fourth-order valence-electron chi connectivity index (χ4n) is 2.02. The number of anilines is 1. The predicted octanol–water partition coefficient (Wildman–Crippen LogP) is 3.41. The number of hydrogen-bond acceptors (Lipinski definition) is 2. The molecule has 0 fully saturated rings. The van der Waals surface area contributed by atoms with E-state index in [1.807, 2.05) is 61.5 Å². The number of carbonyl (C=O) groups is 1. The molecular weight excluding hydrogens is 238 g/mol. The van der Waals surface area contributed by atoms with E-state index in [1.54, 1.807) is 6.92 Å². The van der Waals surface area contributed by atoms with Gasteiger partial charge in [0.2, 0.25) is 0 Å². The van der Waals surface area contributed by atoms with Crippen molar-refractivity contribution >= 4 is 11.7 Å². The van der Waals surface area contributed by atoms with Crippen molar-refractivity contribution < 1.29 is 9.90 Å². The molecule has 0 heterocycles. The summed E-state index contributed by atoms with van der Waals surface area (Å²) >= 11 is 0. The summed E-state index contributed by atoms with van der Waals surface area (Å²) in [6.07, 6.45) is 0. The van der Waals surface area contributed by atoms with Crippen LogP contribution in [0.2, 0.25) is 0 Å². The smallest absolute Gasteiger partial charge is 0.333 e. The summed E-state index contributed by atoms with van der Waals surface area (Å²) in [7, 11) is 0. The molecule has 0 aliphatic carbocycles. The zero-order valence-electron chi connectivity index (χ0n) is 11.1. The largest absolute Gasteiger partial charge is 0.479 e. The van der Waals surface area contributed by atoms with Crippen LogP contribution in [0, 0.1) is 6.92 Å². The highest BCUT2D eigenvalue weighted by Gasteiger charge is 2.35. The van der Waals surface area contributed by atoms with E-state index in [0.29, 0.717) is 0 Å². The molecule has 2 N–H and O–H groups in total. The summed E-state index contributed by atoms with van der Waals surface area (Å²) in [5, 5.41) is 12.7. The maximum atomic E-state index is 11.7. The Labute approximate surface area is 112 Å². The Hall–Kier alpha value is -2.29. The highest BCUT2D eigenvalue weighted by atomic mass is 16.4. The first-order chi connectivity index (χ1) is 9.02. The van der Waals surface area contributed by atoms with Gasteiger partial charge >= 0.3 is 5.97 Å². The second kappa shape index (κ2) is 5.14. The van der Waals surface area contributed by atoms with Crippen molar-refractivity contribution in [1.29, 1.82) is 0 Å². The maximum Gasteiger partial charge on any atom is 0.333 e. The van der Waals surface area contributed by atoms with Crippen molar-refractivity contribution in [3.05, 3.63) is 65.7 Å². The van der Waals surface area contributed by atoms with Crippen molar-refractivity contribution in [2.24, 2.45) is 0 Å². The van der Waals surface area contributed by atoms with Crippen LogP contribution < -0.4 is 5.32 Å². The molecule has 98 valence electrons. The first-order valence-corrected chi connectivity index (χ1v) is 6.16. The fraction of sp³-hybridized carbons (Fsp3) is 0.188. The molecule has 2 rings (SSSR count). The lowest BCUT2D eigenvalue weighted by molar-refractivity contribution is -0.142. The number of hydrogen-bond donors (Lipinski definition) is 2. The van der Waals surface area contributed by atoms with E-state index in [4.69, 9.17) is 0 Å². The highest BCUT2D eigenvalue weighted by molar-refractivity contribution is 5.84. The Morgan fingerprint density at radius 3 is 2.37 bits per heavy atom. The van der Waals surface area contributed by atoms with Crippen LogP contribution in [0.5, 0.6) is 0 Å². The number of aliphatic carboxylic acids is 1. The molecule has 2 aromatic carbocycles. The molecule has 2 aromatic rings. The van der Waals surface area contributed by atoms with Crippen LogP contribution in [0.4, 0.5) is 5.69 Å². The Bertz CT molecular complexity index is 580. The Balaban J connectivity index is 2.41. The molecule has 0 spiro atoms. The molecule has 0 aromatic heterocycles. The summed E-state index contributed by atoms with van der Waals surface area (Å²) in [5.74, 6) is -0.901. The van der Waals surface area contributed by atoms with Gasteiger partial charge in [0.25, 0.3) is 0 Å². The summed E-state index contributed by atoms with van der Waals surface area (Å²) in [6.45, 7) is 3.63. The maximum absolute atomic E-state index is 11.7. The molecule has 0 saturated heterocycles. The molecule has 0 amide bonds. The summed E-state index contributed by atoms with van der Waals surface area (Å²) in [6, 6.07) is 16.9. The molecule has 0 aliphatic rings. The molecule has 1 unspecified atom stereocenters. The van der Waals surface area contributed by atoms with E-state index >= 15 is 0 Å². The number of para-hydroxylation sites is 1. The Morgan fingerprint density at radius 2 is 1.79 bits per heavy atom. The van der Waals surface area contributed by atoms with Gasteiger partial charge < -0.3 is 10.4 Å². The van der Waals surface area contributed by atoms with Gasteiger partial charge in [-0.25, -0.2) is 4.79 Å². The zero-order chi connectivity index (χ0) is 13.9. The molecule has 3 heteroatoms. The number of carboxylic acids is 1. The van der Waals surface area contributed by atoms with E-state index in [2.05, 4.69) is 5.32 Å². The first-order valence-electron chi connectivity index (χ1n) is 6.16. The minimum Gasteiger partial charge on any atom is -0.479 e. The first kappa shape index (κ1) is 13.1. The Kier molecular flexibility index (Phi) is 3.56. The molecule has 19 heavy (non-hydrogen) atoms. The molecule has 3 nitrogen and oxygen atoms in total. The standard InChI is InChI=1S/C16H17NO2/c1-12-7-6-8-13(11-12)16(2,15(18)19)17-14-9-4-3-5-10-14/h3-11,17H,1-2H3,(H,18,19). The van der Waals surface area contributed by atoms with Crippen molar-refractivity contribution in [2.45, 2.75) is 19.4 Å². The van der Waals surface area contributed by atoms with E-state index < -0.39 is 11.5 Å². The average molecular weight is 255 g/mol. The van der Waals surface area contributed by atoms with Crippen molar-refractivity contribution in [2.75, 3.05) is 5.32 Å². The third-order valence-corrected chi connectivity index (χ3v) is 3.19. The van der Waals surface area contributed by atoms with Crippen molar-refractivity contribution in [3.8, 4) is 0 Å². The molecular formula is C16H17NO2. The van der Waals surface area contributed by atoms with E-state index in [-0.39, 0.29) is 0 Å². The lowest BCUT2D eigenvalue weighted by Crippen LogP contribution is -2.40. The average Bonchev–Trinajstić information content (AvgIpc) is 2.39. The number of carboxylic acid groups (broad SMARTS) is 1. The molecule has 0 saturated carbocycles. The van der Waals surface area contributed by atoms with Gasteiger partial charge in [0.05, 0.1) is 0 Å². The quantitative estimate of drug-likeness (QED) is 0.880. The monoisotopic (exact) mass is 255 g/mol. The minimum atomic E-state index is -1.15. The molecule has 0 radical (unpaired) electrons. The van der Waals surface area contributed by atoms with Gasteiger partial charge in [-0.2, -0.15) is 0 Å². The molecule has 0 aliphatic heterocycles. The second-order valence-corrected chi connectivity index (χ2v) is 4.79. The summed E-state index contributed by atoms with van der Waals surface area (Å²) in [5.41, 5.74) is 1.42. The zero-order valence-corrected chi connectivity index (χ0v) is 11.1. The third kappa shape index (κ3) is 2.76. The van der Waals surface area contributed by atoms with Gasteiger partial charge in [0.1, 0.15) is 0 Å². The van der Waals surface area contributed by atoms with Gasteiger partial charge in [-0.3, -0.25) is 0 Å². The van der Waals surface area contributed by atoms with Crippen LogP contribution >= 0.6 is 0 Å². The number of nitrogens with one attached hydrogen (secondary N) is 1. The van der Waals surface area contributed by atoms with Crippen LogP contribution in [0.1, 0.15) is 18.1 Å². The topological polar surface area (TPSA) is 49.3 Å². The molecule has 0 bridgehead atoms. The van der Waals surface area contributed by atoms with E-state index in [0.717, 1.165) is 16.8 Å². The van der Waals surface area contributed by atoms with Crippen LogP contribution in [0.15, 0.2) is 54.6 Å². The Morgan fingerprint density at radius 1 is 1.11 bits per heavy atom. The van der Waals surface area contributed by atoms with Crippen LogP contribution in [0.3, 0.4) is 0 Å². The second-order valence-electron chi connectivity index (χ2n) is 4.79. The lowest BCUT2D eigenvalue weighted by atomic mass is 9.90. The van der Waals surface area contributed by atoms with Gasteiger partial charge in [-0.1, -0.05) is 48.0 Å². The highest BCUT2D eigenvalue weighted by Crippen LogP contribution is 2.27. The van der Waals surface area contributed by atoms with Crippen LogP contribution in [-0.4, -0.2) is 11.1 Å². The van der Waals surface area contributed by atoms with E-state index in [9.17, 15) is 9.90 Å². The van der Waals surface area contributed by atoms with Gasteiger partial charge in [0, 0.05) is 5.69 Å². The predicted molar refractivity (Wildman–Crippen MR) is 76.2 cm³/mol. The number of benzene rings is 2. The summed E-state index contributed by atoms with van der Waals surface area (Å²) in [4.78, 5) is 11.7. The normalized spacial score (nSPS) is 13.6. The van der Waals surface area contributed by atoms with Crippen LogP contribution in [-0.2, 0) is 10.3 Å². The minimum absolute atomic E-state index is 0.740. The van der Waals surface area contributed by atoms with E-state index in [1.165, 1.54) is 0 Å². The summed E-state index contributed by atoms with van der Waals surface area (Å²) < 4.78 is 0. The fourth-order valence-corrected chi connectivity index (χ4v) is 2.02. The van der Waals surface area contributed by atoms with Crippen molar-refractivity contribution in [3.63, 3.8) is 0 Å². The number of rotatable bonds is 4. The van der Waals surface area contributed by atoms with Crippen molar-refractivity contribution in [1.82, 2.24) is 0 Å².